The summed E-state index contributed by atoms with van der Waals surface area (Å²) in [4.78, 5) is 49.1. The molecule has 216 valence electrons. The van der Waals surface area contributed by atoms with Crippen LogP contribution in [0.25, 0.3) is 0 Å². The van der Waals surface area contributed by atoms with E-state index in [1.54, 1.807) is 70.6 Å². The Morgan fingerprint density at radius 3 is 2.56 bits per heavy atom. The number of nitrogens with two attached hydrogens (primary N) is 1. The summed E-state index contributed by atoms with van der Waals surface area (Å²) in [5.74, 6) is -0.847. The molecule has 1 aromatic carbocycles. The molecule has 2 amide bonds. The van der Waals surface area contributed by atoms with Gasteiger partial charge in [0, 0.05) is 48.3 Å². The molecule has 1 aliphatic rings. The average molecular weight is 561 g/mol. The number of carbonyl (C=O) groups is 3. The van der Waals surface area contributed by atoms with E-state index in [-0.39, 0.29) is 5.91 Å². The van der Waals surface area contributed by atoms with Gasteiger partial charge in [0.25, 0.3) is 11.8 Å². The van der Waals surface area contributed by atoms with Crippen LogP contribution in [0.15, 0.2) is 54.9 Å². The van der Waals surface area contributed by atoms with Crippen LogP contribution in [0, 0.1) is 0 Å². The van der Waals surface area contributed by atoms with Crippen molar-refractivity contribution in [2.24, 2.45) is 5.73 Å². The van der Waals surface area contributed by atoms with Crippen LogP contribution < -0.4 is 26.0 Å². The topological polar surface area (TPSA) is 149 Å². The van der Waals surface area contributed by atoms with Crippen LogP contribution in [0.2, 0.25) is 0 Å². The molecule has 4 rings (SSSR count). The molecule has 41 heavy (non-hydrogen) atoms. The highest BCUT2D eigenvalue weighted by molar-refractivity contribution is 6.11. The Morgan fingerprint density at radius 1 is 1.10 bits per heavy atom. The van der Waals surface area contributed by atoms with E-state index in [1.165, 1.54) is 4.90 Å². The summed E-state index contributed by atoms with van der Waals surface area (Å²) in [6.45, 7) is 9.87. The highest BCUT2D eigenvalue weighted by Gasteiger charge is 2.41. The molecule has 0 radical (unpaired) electrons. The minimum atomic E-state index is -1.47. The molecule has 4 N–H and O–H groups in total. The standard InChI is InChI=1S/C30H36N6O5/c1-29(2,3)41-28(39)24(31)27(38)36-17-30(4,5)21-10-9-19(15-22(21)36)35-26(37)20-8-7-12-33-25(20)34-16-18-11-13-32-23(14-18)40-6/h7-15,24H,16-17,31H2,1-6H3,(H,33,34)(H,35,37). The summed E-state index contributed by atoms with van der Waals surface area (Å²) < 4.78 is 10.5. The van der Waals surface area contributed by atoms with E-state index in [0.717, 1.165) is 11.1 Å². The maximum Gasteiger partial charge on any atom is 0.333 e. The van der Waals surface area contributed by atoms with Gasteiger partial charge in [-0.15, -0.1) is 0 Å². The number of aromatic nitrogens is 2. The van der Waals surface area contributed by atoms with Crippen molar-refractivity contribution in [1.29, 1.82) is 0 Å². The second kappa shape index (κ2) is 11.5. The van der Waals surface area contributed by atoms with E-state index in [9.17, 15) is 14.4 Å². The fourth-order valence-corrected chi connectivity index (χ4v) is 4.59. The molecule has 1 atom stereocenters. The van der Waals surface area contributed by atoms with E-state index in [2.05, 4.69) is 20.6 Å². The zero-order chi connectivity index (χ0) is 29.9. The third-order valence-corrected chi connectivity index (χ3v) is 6.54. The van der Waals surface area contributed by atoms with Crippen LogP contribution in [-0.4, -0.2) is 53.0 Å². The minimum Gasteiger partial charge on any atom is -0.481 e. The second-order valence-electron chi connectivity index (χ2n) is 11.5. The van der Waals surface area contributed by atoms with Crippen molar-refractivity contribution in [3.63, 3.8) is 0 Å². The van der Waals surface area contributed by atoms with Crippen molar-refractivity contribution in [2.75, 3.05) is 29.2 Å². The first-order valence-corrected chi connectivity index (χ1v) is 13.2. The van der Waals surface area contributed by atoms with Gasteiger partial charge in [-0.3, -0.25) is 9.59 Å². The molecule has 3 heterocycles. The fraction of sp³-hybridized carbons (Fsp3) is 0.367. The van der Waals surface area contributed by atoms with Crippen molar-refractivity contribution in [3.05, 3.63) is 71.5 Å². The quantitative estimate of drug-likeness (QED) is 0.277. The molecule has 2 aromatic heterocycles. The molecular weight excluding hydrogens is 524 g/mol. The first-order chi connectivity index (χ1) is 19.3. The second-order valence-corrected chi connectivity index (χ2v) is 11.5. The number of anilines is 3. The third kappa shape index (κ3) is 6.80. The molecule has 0 saturated heterocycles. The summed E-state index contributed by atoms with van der Waals surface area (Å²) in [7, 11) is 1.55. The lowest BCUT2D eigenvalue weighted by atomic mass is 9.87. The van der Waals surface area contributed by atoms with E-state index in [0.29, 0.717) is 41.7 Å². The van der Waals surface area contributed by atoms with Gasteiger partial charge in [-0.05, 0) is 62.2 Å². The number of nitrogens with zero attached hydrogens (tertiary/aromatic N) is 3. The van der Waals surface area contributed by atoms with Crippen LogP contribution in [0.3, 0.4) is 0 Å². The van der Waals surface area contributed by atoms with Crippen LogP contribution in [-0.2, 0) is 26.3 Å². The van der Waals surface area contributed by atoms with Crippen molar-refractivity contribution in [3.8, 4) is 5.88 Å². The summed E-state index contributed by atoms with van der Waals surface area (Å²) >= 11 is 0. The highest BCUT2D eigenvalue weighted by atomic mass is 16.6. The van der Waals surface area contributed by atoms with E-state index < -0.39 is 28.9 Å². The molecular formula is C30H36N6O5. The van der Waals surface area contributed by atoms with Crippen LogP contribution in [0.4, 0.5) is 17.2 Å². The van der Waals surface area contributed by atoms with Crippen molar-refractivity contribution in [1.82, 2.24) is 9.97 Å². The molecule has 0 fully saturated rings. The maximum atomic E-state index is 13.3. The van der Waals surface area contributed by atoms with Gasteiger partial charge >= 0.3 is 5.97 Å². The smallest absolute Gasteiger partial charge is 0.333 e. The van der Waals surface area contributed by atoms with Gasteiger partial charge in [0.15, 0.2) is 6.04 Å². The minimum absolute atomic E-state index is 0.325. The molecule has 0 aliphatic carbocycles. The Balaban J connectivity index is 1.53. The molecule has 11 nitrogen and oxygen atoms in total. The number of esters is 1. The summed E-state index contributed by atoms with van der Waals surface area (Å²) in [5, 5.41) is 6.10. The number of methoxy groups -OCH3 is 1. The number of hydrogen-bond acceptors (Lipinski definition) is 9. The molecule has 3 aromatic rings. The summed E-state index contributed by atoms with van der Waals surface area (Å²) in [6, 6.07) is 10.9. The van der Waals surface area contributed by atoms with Gasteiger partial charge in [0.1, 0.15) is 11.4 Å². The predicted octanol–water partition coefficient (Wildman–Crippen LogP) is 3.64. The number of hydrogen-bond donors (Lipinski definition) is 3. The summed E-state index contributed by atoms with van der Waals surface area (Å²) in [6.07, 6.45) is 3.24. The van der Waals surface area contributed by atoms with Gasteiger partial charge in [-0.2, -0.15) is 0 Å². The fourth-order valence-electron chi connectivity index (χ4n) is 4.59. The largest absolute Gasteiger partial charge is 0.481 e. The number of carbonyl (C=O) groups excluding carboxylic acids is 3. The van der Waals surface area contributed by atoms with Gasteiger partial charge in [0.2, 0.25) is 5.88 Å². The molecule has 0 spiro atoms. The molecule has 11 heteroatoms. The lowest BCUT2D eigenvalue weighted by Gasteiger charge is -2.26. The Kier molecular flexibility index (Phi) is 8.29. The SMILES string of the molecule is COc1cc(CNc2ncccc2C(=O)Nc2ccc3c(c2)N(C(=O)C(N)C(=O)OC(C)(C)C)CC3(C)C)ccn1. The van der Waals surface area contributed by atoms with Crippen LogP contribution in [0.5, 0.6) is 5.88 Å². The summed E-state index contributed by atoms with van der Waals surface area (Å²) in [5.41, 5.74) is 8.06. The third-order valence-electron chi connectivity index (χ3n) is 6.54. The average Bonchev–Trinajstić information content (AvgIpc) is 3.20. The van der Waals surface area contributed by atoms with Crippen LogP contribution >= 0.6 is 0 Å². The molecule has 0 saturated carbocycles. The van der Waals surface area contributed by atoms with E-state index in [1.807, 2.05) is 26.0 Å². The number of fused-ring (bicyclic) bond motifs is 1. The highest BCUT2D eigenvalue weighted by Crippen LogP contribution is 2.42. The Hall–Kier alpha value is -4.51. The number of amides is 2. The number of pyridine rings is 2. The molecule has 1 aliphatic heterocycles. The number of rotatable bonds is 8. The van der Waals surface area contributed by atoms with Crippen molar-refractivity contribution < 1.29 is 23.9 Å². The maximum absolute atomic E-state index is 13.3. The first-order valence-electron chi connectivity index (χ1n) is 13.2. The number of ether oxygens (including phenoxy) is 2. The van der Waals surface area contributed by atoms with E-state index >= 15 is 0 Å². The lowest BCUT2D eigenvalue weighted by Crippen LogP contribution is -2.50. The van der Waals surface area contributed by atoms with E-state index in [4.69, 9.17) is 15.2 Å². The zero-order valence-corrected chi connectivity index (χ0v) is 24.1. The number of nitrogens with one attached hydrogen (secondary N) is 2. The zero-order valence-electron chi connectivity index (χ0n) is 24.1. The Labute approximate surface area is 239 Å². The molecule has 0 bridgehead atoms. The Bertz CT molecular complexity index is 1470. The monoisotopic (exact) mass is 560 g/mol. The van der Waals surface area contributed by atoms with Gasteiger partial charge in [-0.25, -0.2) is 14.8 Å². The number of benzene rings is 1. The lowest BCUT2D eigenvalue weighted by molar-refractivity contribution is -0.158. The Morgan fingerprint density at radius 2 is 1.85 bits per heavy atom. The van der Waals surface area contributed by atoms with Gasteiger partial charge < -0.3 is 30.7 Å². The van der Waals surface area contributed by atoms with Gasteiger partial charge in [-0.1, -0.05) is 19.9 Å². The van der Waals surface area contributed by atoms with Crippen LogP contribution in [0.1, 0.15) is 56.1 Å². The molecule has 1 unspecified atom stereocenters. The predicted molar refractivity (Wildman–Crippen MR) is 156 cm³/mol. The van der Waals surface area contributed by atoms with Gasteiger partial charge in [0.05, 0.1) is 12.7 Å². The first kappa shape index (κ1) is 29.5. The van der Waals surface area contributed by atoms with Crippen molar-refractivity contribution >= 4 is 35.0 Å². The normalized spacial score (nSPS) is 14.6. The van der Waals surface area contributed by atoms with Crippen molar-refractivity contribution in [2.45, 2.75) is 58.2 Å².